The van der Waals surface area contributed by atoms with E-state index in [4.69, 9.17) is 10.5 Å². The maximum absolute atomic E-state index is 12.0. The Morgan fingerprint density at radius 1 is 1.38 bits per heavy atom. The number of ether oxygens (including phenoxy) is 1. The number of thiazole rings is 1. The van der Waals surface area contributed by atoms with Crippen LogP contribution in [0.4, 0.5) is 9.93 Å². The number of nitrogens with zero attached hydrogens (tertiary/aromatic N) is 3. The second-order valence-electron chi connectivity index (χ2n) is 6.11. The highest BCUT2D eigenvalue weighted by atomic mass is 32.1. The van der Waals surface area contributed by atoms with Gasteiger partial charge >= 0.3 is 6.09 Å². The van der Waals surface area contributed by atoms with Crippen LogP contribution < -0.4 is 10.6 Å². The van der Waals surface area contributed by atoms with Crippen molar-refractivity contribution in [2.24, 2.45) is 5.73 Å². The Morgan fingerprint density at radius 3 is 2.62 bits per heavy atom. The molecule has 2 rings (SSSR count). The average Bonchev–Trinajstić information content (AvgIpc) is 2.86. The fraction of sp³-hybridized carbons (Fsp3) is 0.714. The van der Waals surface area contributed by atoms with E-state index in [1.54, 1.807) is 16.2 Å². The minimum Gasteiger partial charge on any atom is -0.444 e. The van der Waals surface area contributed by atoms with E-state index in [0.29, 0.717) is 19.6 Å². The van der Waals surface area contributed by atoms with Gasteiger partial charge < -0.3 is 20.3 Å². The summed E-state index contributed by atoms with van der Waals surface area (Å²) in [5.41, 5.74) is 6.15. The highest BCUT2D eigenvalue weighted by molar-refractivity contribution is 7.13. The Hall–Kier alpha value is -1.34. The van der Waals surface area contributed by atoms with Gasteiger partial charge in [-0.25, -0.2) is 9.78 Å². The molecule has 0 radical (unpaired) electrons. The van der Waals surface area contributed by atoms with Crippen LogP contribution in [0.15, 0.2) is 5.38 Å². The van der Waals surface area contributed by atoms with E-state index in [9.17, 15) is 4.79 Å². The molecule has 0 saturated carbocycles. The molecular weight excluding hydrogens is 288 g/mol. The summed E-state index contributed by atoms with van der Waals surface area (Å²) < 4.78 is 5.40. The molecule has 1 fully saturated rings. The third-order valence-corrected chi connectivity index (χ3v) is 4.09. The van der Waals surface area contributed by atoms with E-state index < -0.39 is 5.60 Å². The van der Waals surface area contributed by atoms with Crippen molar-refractivity contribution in [3.05, 3.63) is 11.1 Å². The third kappa shape index (κ3) is 4.57. The van der Waals surface area contributed by atoms with Gasteiger partial charge in [0.2, 0.25) is 0 Å². The van der Waals surface area contributed by atoms with E-state index in [2.05, 4.69) is 15.3 Å². The molecule has 1 aliphatic heterocycles. The molecule has 1 saturated heterocycles. The van der Waals surface area contributed by atoms with Gasteiger partial charge in [-0.1, -0.05) is 0 Å². The molecule has 0 atom stereocenters. The van der Waals surface area contributed by atoms with E-state index in [0.717, 1.165) is 30.3 Å². The molecule has 2 heterocycles. The maximum Gasteiger partial charge on any atom is 0.410 e. The normalized spacial score (nSPS) is 16.2. The molecule has 1 aromatic rings. The van der Waals surface area contributed by atoms with Gasteiger partial charge in [0.15, 0.2) is 5.13 Å². The smallest absolute Gasteiger partial charge is 0.410 e. The molecule has 0 bridgehead atoms. The van der Waals surface area contributed by atoms with Crippen molar-refractivity contribution in [1.82, 2.24) is 9.88 Å². The molecular formula is C14H24N4O2S. The summed E-state index contributed by atoms with van der Waals surface area (Å²) in [7, 11) is 0. The topological polar surface area (TPSA) is 71.7 Å². The SMILES string of the molecule is CC(C)(C)OC(=O)N1CCN(c2nc(CCN)cs2)CC1. The Bertz CT molecular complexity index is 476. The molecule has 0 aliphatic carbocycles. The van der Waals surface area contributed by atoms with Crippen molar-refractivity contribution >= 4 is 22.6 Å². The van der Waals surface area contributed by atoms with Crippen molar-refractivity contribution in [2.75, 3.05) is 37.6 Å². The van der Waals surface area contributed by atoms with Gasteiger partial charge in [0, 0.05) is 38.0 Å². The average molecular weight is 312 g/mol. The number of hydrogen-bond donors (Lipinski definition) is 1. The largest absolute Gasteiger partial charge is 0.444 e. The Morgan fingerprint density at radius 2 is 2.05 bits per heavy atom. The first kappa shape index (κ1) is 16.0. The molecule has 7 heteroatoms. The van der Waals surface area contributed by atoms with Crippen LogP contribution >= 0.6 is 11.3 Å². The van der Waals surface area contributed by atoms with Crippen LogP contribution in [0.25, 0.3) is 0 Å². The van der Waals surface area contributed by atoms with Gasteiger partial charge in [-0.3, -0.25) is 0 Å². The number of nitrogens with two attached hydrogens (primary N) is 1. The predicted molar refractivity (Wildman–Crippen MR) is 84.9 cm³/mol. The summed E-state index contributed by atoms with van der Waals surface area (Å²) in [6, 6.07) is 0. The molecule has 1 amide bonds. The van der Waals surface area contributed by atoms with Crippen molar-refractivity contribution in [3.8, 4) is 0 Å². The second kappa shape index (κ2) is 6.62. The van der Waals surface area contributed by atoms with E-state index >= 15 is 0 Å². The number of anilines is 1. The summed E-state index contributed by atoms with van der Waals surface area (Å²) in [5, 5.41) is 3.07. The molecule has 2 N–H and O–H groups in total. The van der Waals surface area contributed by atoms with Gasteiger partial charge in [0.05, 0.1) is 5.69 Å². The zero-order valence-electron chi connectivity index (χ0n) is 13.0. The Kier molecular flexibility index (Phi) is 5.05. The zero-order chi connectivity index (χ0) is 15.5. The lowest BCUT2D eigenvalue weighted by atomic mass is 10.2. The molecule has 1 aromatic heterocycles. The summed E-state index contributed by atoms with van der Waals surface area (Å²) in [6.07, 6.45) is 0.582. The first-order chi connectivity index (χ1) is 9.89. The van der Waals surface area contributed by atoms with Crippen molar-refractivity contribution in [1.29, 1.82) is 0 Å². The van der Waals surface area contributed by atoms with Crippen LogP contribution in [-0.2, 0) is 11.2 Å². The van der Waals surface area contributed by atoms with Gasteiger partial charge in [-0.2, -0.15) is 0 Å². The number of carbonyl (C=O) groups is 1. The van der Waals surface area contributed by atoms with Gasteiger partial charge in [0.1, 0.15) is 5.60 Å². The van der Waals surface area contributed by atoms with Crippen LogP contribution in [-0.4, -0.2) is 54.3 Å². The first-order valence-electron chi connectivity index (χ1n) is 7.26. The number of piperazine rings is 1. The molecule has 6 nitrogen and oxygen atoms in total. The maximum atomic E-state index is 12.0. The Balaban J connectivity index is 1.86. The number of aromatic nitrogens is 1. The van der Waals surface area contributed by atoms with Gasteiger partial charge in [0.25, 0.3) is 0 Å². The number of rotatable bonds is 3. The van der Waals surface area contributed by atoms with Crippen LogP contribution in [0.3, 0.4) is 0 Å². The highest BCUT2D eigenvalue weighted by Crippen LogP contribution is 2.22. The third-order valence-electron chi connectivity index (χ3n) is 3.14. The molecule has 0 aromatic carbocycles. The Labute approximate surface area is 129 Å². The minimum atomic E-state index is -0.444. The standard InChI is InChI=1S/C14H24N4O2S/c1-14(2,3)20-13(19)18-8-6-17(7-9-18)12-16-11(4-5-15)10-21-12/h10H,4-9,15H2,1-3H3. The van der Waals surface area contributed by atoms with Gasteiger partial charge in [-0.15, -0.1) is 11.3 Å². The van der Waals surface area contributed by atoms with E-state index in [1.807, 2.05) is 20.8 Å². The molecule has 1 aliphatic rings. The number of carbonyl (C=O) groups excluding carboxylic acids is 1. The number of hydrogen-bond acceptors (Lipinski definition) is 6. The van der Waals surface area contributed by atoms with E-state index in [1.165, 1.54) is 0 Å². The van der Waals surface area contributed by atoms with Crippen LogP contribution in [0.5, 0.6) is 0 Å². The minimum absolute atomic E-state index is 0.231. The van der Waals surface area contributed by atoms with Crippen LogP contribution in [0.1, 0.15) is 26.5 Å². The molecule has 118 valence electrons. The molecule has 21 heavy (non-hydrogen) atoms. The zero-order valence-corrected chi connectivity index (χ0v) is 13.8. The molecule has 0 spiro atoms. The van der Waals surface area contributed by atoms with Crippen LogP contribution in [0, 0.1) is 0 Å². The predicted octanol–water partition coefficient (Wildman–Crippen LogP) is 1.70. The molecule has 0 unspecified atom stereocenters. The quantitative estimate of drug-likeness (QED) is 0.920. The fourth-order valence-corrected chi connectivity index (χ4v) is 3.02. The summed E-state index contributed by atoms with van der Waals surface area (Å²) in [4.78, 5) is 20.6. The van der Waals surface area contributed by atoms with Gasteiger partial charge in [-0.05, 0) is 27.3 Å². The summed E-state index contributed by atoms with van der Waals surface area (Å²) in [5.74, 6) is 0. The highest BCUT2D eigenvalue weighted by Gasteiger charge is 2.26. The number of amides is 1. The summed E-state index contributed by atoms with van der Waals surface area (Å²) >= 11 is 1.64. The monoisotopic (exact) mass is 312 g/mol. The second-order valence-corrected chi connectivity index (χ2v) is 6.95. The van der Waals surface area contributed by atoms with E-state index in [-0.39, 0.29) is 6.09 Å². The fourth-order valence-electron chi connectivity index (χ4n) is 2.11. The lowest BCUT2D eigenvalue weighted by molar-refractivity contribution is 0.0240. The summed E-state index contributed by atoms with van der Waals surface area (Å²) in [6.45, 7) is 9.18. The lowest BCUT2D eigenvalue weighted by Crippen LogP contribution is -2.50. The van der Waals surface area contributed by atoms with Crippen LogP contribution in [0.2, 0.25) is 0 Å². The first-order valence-corrected chi connectivity index (χ1v) is 8.14. The van der Waals surface area contributed by atoms with Crippen molar-refractivity contribution < 1.29 is 9.53 Å². The lowest BCUT2D eigenvalue weighted by Gasteiger charge is -2.35. The van der Waals surface area contributed by atoms with Crippen molar-refractivity contribution in [3.63, 3.8) is 0 Å². The van der Waals surface area contributed by atoms with Crippen molar-refractivity contribution in [2.45, 2.75) is 32.8 Å².